The molecule has 0 amide bonds. The van der Waals surface area contributed by atoms with Crippen LogP contribution in [0.3, 0.4) is 0 Å². The predicted molar refractivity (Wildman–Crippen MR) is 133 cm³/mol. The second kappa shape index (κ2) is 18.8. The molecule has 0 fully saturated rings. The van der Waals surface area contributed by atoms with E-state index in [1.54, 1.807) is 0 Å². The van der Waals surface area contributed by atoms with Crippen molar-refractivity contribution in [3.63, 3.8) is 0 Å². The number of thiol groups is 2. The molecule has 0 unspecified atom stereocenters. The highest BCUT2D eigenvalue weighted by Gasteiger charge is 2.03. The largest absolute Gasteiger partial charge is 0.358 e. The molecule has 26 heavy (non-hydrogen) atoms. The summed E-state index contributed by atoms with van der Waals surface area (Å²) in [6.45, 7) is 8.35. The highest BCUT2D eigenvalue weighted by molar-refractivity contribution is 8.11. The smallest absolute Gasteiger partial charge is 0.133 e. The SMILES string of the molecule is CCN(CCCCCCCCCCCCCCN(CC)C(=S)S)C(=S)S. The summed E-state index contributed by atoms with van der Waals surface area (Å²) in [6, 6.07) is 0. The van der Waals surface area contributed by atoms with Crippen molar-refractivity contribution in [1.82, 2.24) is 9.80 Å². The summed E-state index contributed by atoms with van der Waals surface area (Å²) in [4.78, 5) is 4.34. The maximum atomic E-state index is 5.12. The standard InChI is InChI=1S/C20H40N2S4/c1-3-21(19(23)24)17-15-13-11-9-7-5-6-8-10-12-14-16-18-22(4-2)20(25)26/h3-18H2,1-2H3,(H,23,24)(H,25,26). The molecule has 0 aliphatic heterocycles. The minimum Gasteiger partial charge on any atom is -0.358 e. The Kier molecular flexibility index (Phi) is 19.2. The lowest BCUT2D eigenvalue weighted by molar-refractivity contribution is 0.426. The van der Waals surface area contributed by atoms with Gasteiger partial charge in [-0.25, -0.2) is 0 Å². The van der Waals surface area contributed by atoms with Crippen LogP contribution in [0.25, 0.3) is 0 Å². The van der Waals surface area contributed by atoms with Gasteiger partial charge in [0, 0.05) is 26.2 Å². The van der Waals surface area contributed by atoms with Crippen LogP contribution in [0.4, 0.5) is 0 Å². The van der Waals surface area contributed by atoms with Gasteiger partial charge >= 0.3 is 0 Å². The van der Waals surface area contributed by atoms with E-state index in [9.17, 15) is 0 Å². The molecular formula is C20H40N2S4. The van der Waals surface area contributed by atoms with Gasteiger partial charge in [-0.05, 0) is 26.7 Å². The van der Waals surface area contributed by atoms with Crippen LogP contribution in [0.2, 0.25) is 0 Å². The van der Waals surface area contributed by atoms with Gasteiger partial charge in [0.1, 0.15) is 8.64 Å². The number of hydrogen-bond acceptors (Lipinski definition) is 2. The summed E-state index contributed by atoms with van der Waals surface area (Å²) in [5.74, 6) is 0. The molecule has 0 radical (unpaired) electrons. The Morgan fingerprint density at radius 3 is 0.962 bits per heavy atom. The van der Waals surface area contributed by atoms with Gasteiger partial charge in [-0.1, -0.05) is 88.6 Å². The van der Waals surface area contributed by atoms with Crippen molar-refractivity contribution in [2.45, 2.75) is 90.9 Å². The number of unbranched alkanes of at least 4 members (excludes halogenated alkanes) is 11. The van der Waals surface area contributed by atoms with E-state index in [1.807, 2.05) is 0 Å². The number of rotatable bonds is 17. The van der Waals surface area contributed by atoms with E-state index in [4.69, 9.17) is 24.4 Å². The van der Waals surface area contributed by atoms with Crippen molar-refractivity contribution in [2.24, 2.45) is 0 Å². The molecule has 0 spiro atoms. The third-order valence-electron chi connectivity index (χ3n) is 4.91. The van der Waals surface area contributed by atoms with Gasteiger partial charge < -0.3 is 9.80 Å². The zero-order valence-electron chi connectivity index (χ0n) is 16.9. The third-order valence-corrected chi connectivity index (χ3v) is 5.99. The first-order valence-corrected chi connectivity index (χ1v) is 12.2. The molecule has 0 saturated heterocycles. The monoisotopic (exact) mass is 436 g/mol. The summed E-state index contributed by atoms with van der Waals surface area (Å²) >= 11 is 18.8. The maximum absolute atomic E-state index is 5.12. The fraction of sp³-hybridized carbons (Fsp3) is 0.900. The minimum atomic E-state index is 0.736. The van der Waals surface area contributed by atoms with E-state index < -0.39 is 0 Å². The molecular weight excluding hydrogens is 397 g/mol. The lowest BCUT2D eigenvalue weighted by Crippen LogP contribution is -2.26. The Morgan fingerprint density at radius 2 is 0.769 bits per heavy atom. The molecule has 0 atom stereocenters. The molecule has 6 heteroatoms. The molecule has 0 aliphatic carbocycles. The highest BCUT2D eigenvalue weighted by Crippen LogP contribution is 2.13. The van der Waals surface area contributed by atoms with Crippen molar-refractivity contribution in [2.75, 3.05) is 26.2 Å². The molecule has 0 rings (SSSR count). The summed E-state index contributed by atoms with van der Waals surface area (Å²) < 4.78 is 1.47. The number of thiocarbonyl (C=S) groups is 2. The lowest BCUT2D eigenvalue weighted by atomic mass is 10.0. The van der Waals surface area contributed by atoms with Gasteiger partial charge in [0.15, 0.2) is 0 Å². The molecule has 0 aromatic carbocycles. The van der Waals surface area contributed by atoms with Crippen LogP contribution >= 0.6 is 49.7 Å². The van der Waals surface area contributed by atoms with Gasteiger partial charge in [0.25, 0.3) is 0 Å². The van der Waals surface area contributed by atoms with Crippen molar-refractivity contribution in [3.05, 3.63) is 0 Å². The van der Waals surface area contributed by atoms with Crippen molar-refractivity contribution < 1.29 is 0 Å². The second-order valence-corrected chi connectivity index (χ2v) is 9.19. The van der Waals surface area contributed by atoms with Crippen LogP contribution in [0.15, 0.2) is 0 Å². The zero-order chi connectivity index (χ0) is 19.6. The summed E-state index contributed by atoms with van der Waals surface area (Å²) in [5.41, 5.74) is 0. The molecule has 0 heterocycles. The summed E-state index contributed by atoms with van der Waals surface area (Å²) in [6.07, 6.45) is 16.2. The normalized spacial score (nSPS) is 10.8. The third kappa shape index (κ3) is 15.5. The van der Waals surface area contributed by atoms with Crippen LogP contribution in [0, 0.1) is 0 Å². The molecule has 0 bridgehead atoms. The summed E-state index contributed by atoms with van der Waals surface area (Å²) in [7, 11) is 0. The van der Waals surface area contributed by atoms with E-state index in [-0.39, 0.29) is 0 Å². The number of hydrogen-bond donors (Lipinski definition) is 2. The molecule has 154 valence electrons. The van der Waals surface area contributed by atoms with Crippen LogP contribution in [0.1, 0.15) is 90.9 Å². The van der Waals surface area contributed by atoms with Gasteiger partial charge in [-0.15, -0.1) is 25.3 Å². The van der Waals surface area contributed by atoms with E-state index >= 15 is 0 Å². The van der Waals surface area contributed by atoms with Crippen molar-refractivity contribution in [1.29, 1.82) is 0 Å². The Balaban J connectivity index is 3.27. The van der Waals surface area contributed by atoms with Gasteiger partial charge in [-0.2, -0.15) is 0 Å². The first-order valence-electron chi connectivity index (χ1n) is 10.5. The van der Waals surface area contributed by atoms with Gasteiger partial charge in [-0.3, -0.25) is 0 Å². The molecule has 0 aliphatic rings. The predicted octanol–water partition coefficient (Wildman–Crippen LogP) is 6.74. The van der Waals surface area contributed by atoms with E-state index in [0.29, 0.717) is 0 Å². The first-order chi connectivity index (χ1) is 12.5. The van der Waals surface area contributed by atoms with Crippen molar-refractivity contribution >= 4 is 58.3 Å². The Bertz CT molecular complexity index is 330. The molecule has 2 nitrogen and oxygen atoms in total. The molecule has 0 aromatic rings. The maximum Gasteiger partial charge on any atom is 0.133 e. The van der Waals surface area contributed by atoms with Crippen LogP contribution in [0.5, 0.6) is 0 Å². The second-order valence-electron chi connectivity index (χ2n) is 6.97. The first kappa shape index (κ1) is 26.5. The van der Waals surface area contributed by atoms with Crippen LogP contribution < -0.4 is 0 Å². The lowest BCUT2D eigenvalue weighted by Gasteiger charge is -2.20. The van der Waals surface area contributed by atoms with E-state index in [1.165, 1.54) is 77.0 Å². The van der Waals surface area contributed by atoms with Crippen molar-refractivity contribution in [3.8, 4) is 0 Å². The van der Waals surface area contributed by atoms with Gasteiger partial charge in [0.05, 0.1) is 0 Å². The summed E-state index contributed by atoms with van der Waals surface area (Å²) in [5, 5.41) is 0. The molecule has 0 aromatic heterocycles. The van der Waals surface area contributed by atoms with Crippen LogP contribution in [-0.2, 0) is 0 Å². The average Bonchev–Trinajstić information content (AvgIpc) is 2.61. The highest BCUT2D eigenvalue weighted by atomic mass is 32.1. The van der Waals surface area contributed by atoms with E-state index in [0.717, 1.165) is 34.8 Å². The average molecular weight is 437 g/mol. The topological polar surface area (TPSA) is 6.48 Å². The fourth-order valence-electron chi connectivity index (χ4n) is 3.15. The molecule has 0 saturated carbocycles. The minimum absolute atomic E-state index is 0.736. The zero-order valence-corrected chi connectivity index (χ0v) is 20.3. The number of nitrogens with zero attached hydrogens (tertiary/aromatic N) is 2. The Hall–Kier alpha value is 0.480. The van der Waals surface area contributed by atoms with Gasteiger partial charge in [0.2, 0.25) is 0 Å². The van der Waals surface area contributed by atoms with Crippen LogP contribution in [-0.4, -0.2) is 44.6 Å². The van der Waals surface area contributed by atoms with E-state index in [2.05, 4.69) is 48.9 Å². The quantitative estimate of drug-likeness (QED) is 0.148. The molecule has 0 N–H and O–H groups in total. The fourth-order valence-corrected chi connectivity index (χ4v) is 4.07. The Morgan fingerprint density at radius 1 is 0.538 bits per heavy atom. The Labute approximate surface area is 184 Å².